The second-order valence-corrected chi connectivity index (χ2v) is 5.96. The van der Waals surface area contributed by atoms with E-state index < -0.39 is 5.41 Å². The fourth-order valence-electron chi connectivity index (χ4n) is 3.77. The Morgan fingerprint density at radius 3 is 3.00 bits per heavy atom. The number of aromatic nitrogens is 2. The molecule has 4 rings (SSSR count). The van der Waals surface area contributed by atoms with Crippen molar-refractivity contribution in [3.8, 4) is 0 Å². The largest absolute Gasteiger partial charge is 0.311 e. The molecule has 1 aromatic heterocycles. The SMILES string of the molecule is C=CCN1C(=O)[C@@]2(CC(=O)Nc3[nH]ncc32)c2cccc(C)c21. The number of nitrogens with zero attached hydrogens (tertiary/aromatic N) is 2. The molecule has 2 aromatic rings. The van der Waals surface area contributed by atoms with Crippen molar-refractivity contribution in [1.29, 1.82) is 0 Å². The van der Waals surface area contributed by atoms with Crippen LogP contribution >= 0.6 is 0 Å². The third-order valence-electron chi connectivity index (χ3n) is 4.68. The number of hydrogen-bond acceptors (Lipinski definition) is 3. The van der Waals surface area contributed by atoms with Crippen LogP contribution in [0.1, 0.15) is 23.1 Å². The Balaban J connectivity index is 2.05. The van der Waals surface area contributed by atoms with Crippen molar-refractivity contribution in [2.24, 2.45) is 0 Å². The smallest absolute Gasteiger partial charge is 0.243 e. The number of rotatable bonds is 2. The van der Waals surface area contributed by atoms with Gasteiger partial charge in [-0.1, -0.05) is 24.3 Å². The summed E-state index contributed by atoms with van der Waals surface area (Å²) in [6.45, 7) is 6.13. The molecule has 0 radical (unpaired) electrons. The molecule has 0 fully saturated rings. The van der Waals surface area contributed by atoms with E-state index in [0.717, 1.165) is 22.4 Å². The molecule has 0 saturated carbocycles. The summed E-state index contributed by atoms with van der Waals surface area (Å²) >= 11 is 0. The van der Waals surface area contributed by atoms with Crippen molar-refractivity contribution in [3.63, 3.8) is 0 Å². The molecule has 0 aliphatic carbocycles. The Hall–Kier alpha value is -2.89. The number of hydrogen-bond donors (Lipinski definition) is 2. The van der Waals surface area contributed by atoms with E-state index >= 15 is 0 Å². The van der Waals surface area contributed by atoms with Gasteiger partial charge in [-0.3, -0.25) is 14.7 Å². The Kier molecular flexibility index (Phi) is 2.72. The number of benzene rings is 1. The summed E-state index contributed by atoms with van der Waals surface area (Å²) in [5.74, 6) is 0.213. The molecule has 2 N–H and O–H groups in total. The van der Waals surface area contributed by atoms with E-state index in [1.54, 1.807) is 17.2 Å². The monoisotopic (exact) mass is 308 g/mol. The molecule has 23 heavy (non-hydrogen) atoms. The molecule has 0 saturated heterocycles. The van der Waals surface area contributed by atoms with E-state index in [2.05, 4.69) is 22.1 Å². The standard InChI is InChI=1S/C17H16N4O2/c1-3-7-21-14-10(2)5-4-6-11(14)17(16(21)23)8-13(22)19-15-12(17)9-18-20-15/h3-6,9H,1,7-8H2,2H3,(H2,18,19,20,22)/t17-/m0/s1. The van der Waals surface area contributed by atoms with Crippen LogP contribution in [0.15, 0.2) is 37.1 Å². The highest BCUT2D eigenvalue weighted by atomic mass is 16.2. The Morgan fingerprint density at radius 2 is 2.22 bits per heavy atom. The van der Waals surface area contributed by atoms with Gasteiger partial charge < -0.3 is 10.2 Å². The maximum absolute atomic E-state index is 13.3. The first-order valence-electron chi connectivity index (χ1n) is 7.46. The van der Waals surface area contributed by atoms with Gasteiger partial charge in [0.2, 0.25) is 11.8 Å². The van der Waals surface area contributed by atoms with Crippen LogP contribution in [0.25, 0.3) is 0 Å². The maximum atomic E-state index is 13.3. The van der Waals surface area contributed by atoms with Gasteiger partial charge in [0.25, 0.3) is 0 Å². The van der Waals surface area contributed by atoms with Crippen LogP contribution in [0, 0.1) is 6.92 Å². The zero-order chi connectivity index (χ0) is 16.2. The predicted octanol–water partition coefficient (Wildman–Crippen LogP) is 1.88. The number of H-pyrrole nitrogens is 1. The number of carbonyl (C=O) groups is 2. The highest BCUT2D eigenvalue weighted by Gasteiger charge is 2.56. The summed E-state index contributed by atoms with van der Waals surface area (Å²) in [5, 5.41) is 9.56. The average Bonchev–Trinajstić information content (AvgIpc) is 3.07. The minimum Gasteiger partial charge on any atom is -0.311 e. The molecule has 0 unspecified atom stereocenters. The van der Waals surface area contributed by atoms with Crippen LogP contribution in [0.4, 0.5) is 11.5 Å². The molecule has 1 atom stereocenters. The third-order valence-corrected chi connectivity index (χ3v) is 4.68. The van der Waals surface area contributed by atoms with E-state index in [0.29, 0.717) is 12.4 Å². The summed E-state index contributed by atoms with van der Waals surface area (Å²) in [7, 11) is 0. The van der Waals surface area contributed by atoms with Crippen molar-refractivity contribution in [2.75, 3.05) is 16.8 Å². The lowest BCUT2D eigenvalue weighted by Crippen LogP contribution is -2.46. The van der Waals surface area contributed by atoms with Gasteiger partial charge in [-0.2, -0.15) is 5.10 Å². The van der Waals surface area contributed by atoms with Gasteiger partial charge in [-0.05, 0) is 18.1 Å². The van der Waals surface area contributed by atoms with Gasteiger partial charge in [-0.25, -0.2) is 0 Å². The first-order chi connectivity index (χ1) is 11.1. The Labute approximate surface area is 133 Å². The van der Waals surface area contributed by atoms with Crippen molar-refractivity contribution in [3.05, 3.63) is 53.7 Å². The van der Waals surface area contributed by atoms with Gasteiger partial charge in [0.1, 0.15) is 11.2 Å². The molecule has 116 valence electrons. The Bertz CT molecular complexity index is 854. The normalized spacial score (nSPS) is 22.0. The molecule has 6 heteroatoms. The lowest BCUT2D eigenvalue weighted by atomic mass is 9.71. The number of aryl methyl sites for hydroxylation is 1. The van der Waals surface area contributed by atoms with Crippen molar-refractivity contribution in [2.45, 2.75) is 18.8 Å². The van der Waals surface area contributed by atoms with E-state index in [9.17, 15) is 9.59 Å². The molecule has 6 nitrogen and oxygen atoms in total. The third kappa shape index (κ3) is 1.60. The molecule has 1 aromatic carbocycles. The Morgan fingerprint density at radius 1 is 1.39 bits per heavy atom. The molecule has 1 spiro atoms. The van der Waals surface area contributed by atoms with Crippen molar-refractivity contribution < 1.29 is 9.59 Å². The number of anilines is 2. The van der Waals surface area contributed by atoms with Gasteiger partial charge >= 0.3 is 0 Å². The highest BCUT2D eigenvalue weighted by molar-refractivity contribution is 6.16. The molecule has 2 aliphatic heterocycles. The number of amides is 2. The van der Waals surface area contributed by atoms with E-state index in [1.165, 1.54) is 0 Å². The van der Waals surface area contributed by atoms with Crippen LogP contribution in [0.5, 0.6) is 0 Å². The highest BCUT2D eigenvalue weighted by Crippen LogP contribution is 2.52. The number of aromatic amines is 1. The molecular formula is C17H16N4O2. The van der Waals surface area contributed by atoms with E-state index in [1.807, 2.05) is 25.1 Å². The fourth-order valence-corrected chi connectivity index (χ4v) is 3.77. The second kappa shape index (κ2) is 4.55. The first kappa shape index (κ1) is 13.8. The molecule has 0 bridgehead atoms. The topological polar surface area (TPSA) is 78.1 Å². The van der Waals surface area contributed by atoms with Gasteiger partial charge in [0, 0.05) is 18.5 Å². The van der Waals surface area contributed by atoms with Crippen molar-refractivity contribution >= 4 is 23.3 Å². The minimum atomic E-state index is -1.00. The van der Waals surface area contributed by atoms with Gasteiger partial charge in [0.15, 0.2) is 0 Å². The summed E-state index contributed by atoms with van der Waals surface area (Å²) in [5.41, 5.74) is 2.46. The van der Waals surface area contributed by atoms with Gasteiger partial charge in [0.05, 0.1) is 11.9 Å². The maximum Gasteiger partial charge on any atom is 0.243 e. The molecule has 2 aliphatic rings. The van der Waals surface area contributed by atoms with Crippen molar-refractivity contribution in [1.82, 2.24) is 10.2 Å². The molecule has 3 heterocycles. The molecule has 2 amide bonds. The zero-order valence-electron chi connectivity index (χ0n) is 12.7. The van der Waals surface area contributed by atoms with E-state index in [-0.39, 0.29) is 18.2 Å². The lowest BCUT2D eigenvalue weighted by molar-refractivity contribution is -0.126. The second-order valence-electron chi connectivity index (χ2n) is 5.96. The predicted molar refractivity (Wildman–Crippen MR) is 86.3 cm³/mol. The van der Waals surface area contributed by atoms with Crippen LogP contribution < -0.4 is 10.2 Å². The fraction of sp³-hybridized carbons (Fsp3) is 0.235. The van der Waals surface area contributed by atoms with Gasteiger partial charge in [-0.15, -0.1) is 6.58 Å². The number of carbonyl (C=O) groups excluding carboxylic acids is 2. The summed E-state index contributed by atoms with van der Waals surface area (Å²) in [6.07, 6.45) is 3.42. The summed E-state index contributed by atoms with van der Waals surface area (Å²) in [4.78, 5) is 27.3. The first-order valence-corrected chi connectivity index (χ1v) is 7.46. The molecular weight excluding hydrogens is 292 g/mol. The average molecular weight is 308 g/mol. The summed E-state index contributed by atoms with van der Waals surface area (Å²) < 4.78 is 0. The van der Waals surface area contributed by atoms with E-state index in [4.69, 9.17) is 0 Å². The minimum absolute atomic E-state index is 0.0858. The number of nitrogens with one attached hydrogen (secondary N) is 2. The quantitative estimate of drug-likeness (QED) is 0.832. The number of para-hydroxylation sites is 1. The lowest BCUT2D eigenvalue weighted by Gasteiger charge is -2.31. The number of fused-ring (bicyclic) bond motifs is 4. The van der Waals surface area contributed by atoms with Crippen LogP contribution in [-0.2, 0) is 15.0 Å². The summed E-state index contributed by atoms with van der Waals surface area (Å²) in [6, 6.07) is 5.83. The van der Waals surface area contributed by atoms with Crippen LogP contribution in [-0.4, -0.2) is 28.6 Å². The van der Waals surface area contributed by atoms with Crippen LogP contribution in [0.2, 0.25) is 0 Å². The zero-order valence-corrected chi connectivity index (χ0v) is 12.7. The van der Waals surface area contributed by atoms with Crippen LogP contribution in [0.3, 0.4) is 0 Å².